The maximum Gasteiger partial charge on any atom is 0.235 e. The van der Waals surface area contributed by atoms with E-state index >= 15 is 0 Å². The van der Waals surface area contributed by atoms with E-state index in [4.69, 9.17) is 4.74 Å². The Morgan fingerprint density at radius 3 is 2.22 bits per heavy atom. The number of rotatable bonds is 2. The smallest absolute Gasteiger partial charge is 0.235 e. The number of benzene rings is 1. The molecule has 3 heteroatoms. The highest BCUT2D eigenvalue weighted by molar-refractivity contribution is 5.46. The van der Waals surface area contributed by atoms with E-state index in [0.717, 1.165) is 12.8 Å². The van der Waals surface area contributed by atoms with Gasteiger partial charge in [0.25, 0.3) is 0 Å². The van der Waals surface area contributed by atoms with Crippen LogP contribution in [0.25, 0.3) is 0 Å². The number of hydrogen-bond donors (Lipinski definition) is 0. The second-order valence-corrected chi connectivity index (χ2v) is 5.12. The van der Waals surface area contributed by atoms with Crippen molar-refractivity contribution in [2.24, 2.45) is 4.99 Å². The maximum atomic E-state index is 10.8. The van der Waals surface area contributed by atoms with E-state index < -0.39 is 5.54 Å². The molecule has 1 heterocycles. The zero-order chi connectivity index (χ0) is 13.2. The highest BCUT2D eigenvalue weighted by Crippen LogP contribution is 2.39. The van der Waals surface area contributed by atoms with E-state index in [2.05, 4.69) is 37.9 Å². The molecular weight excluding hydrogens is 226 g/mol. The van der Waals surface area contributed by atoms with Crippen LogP contribution in [-0.4, -0.2) is 19.3 Å². The Balaban J connectivity index is 2.59. The summed E-state index contributed by atoms with van der Waals surface area (Å²) in [5.74, 6) is 0. The minimum absolute atomic E-state index is 0.429. The largest absolute Gasteiger partial charge is 0.381 e. The SMILES string of the molecule is Cc1cc(C)c(C2(N=C=O)CCOCC2)c(C)c1. The second kappa shape index (κ2) is 5.05. The number of carbonyl (C=O) groups excluding carboxylic acids is 1. The van der Waals surface area contributed by atoms with Crippen molar-refractivity contribution in [3.63, 3.8) is 0 Å². The molecule has 1 aromatic rings. The predicted octanol–water partition coefficient (Wildman–Crippen LogP) is 2.95. The molecule has 96 valence electrons. The molecule has 2 rings (SSSR count). The van der Waals surface area contributed by atoms with E-state index in [0.29, 0.717) is 13.2 Å². The van der Waals surface area contributed by atoms with Gasteiger partial charge >= 0.3 is 0 Å². The Labute approximate surface area is 108 Å². The lowest BCUT2D eigenvalue weighted by molar-refractivity contribution is 0.0527. The molecule has 0 aromatic heterocycles. The van der Waals surface area contributed by atoms with Crippen LogP contribution in [0.4, 0.5) is 0 Å². The Hall–Kier alpha value is -1.44. The number of hydrogen-bond acceptors (Lipinski definition) is 3. The van der Waals surface area contributed by atoms with Crippen molar-refractivity contribution in [2.75, 3.05) is 13.2 Å². The van der Waals surface area contributed by atoms with E-state index in [1.54, 1.807) is 6.08 Å². The summed E-state index contributed by atoms with van der Waals surface area (Å²) < 4.78 is 5.41. The van der Waals surface area contributed by atoms with Crippen molar-refractivity contribution in [3.8, 4) is 0 Å². The molecule has 0 saturated carbocycles. The molecule has 3 nitrogen and oxygen atoms in total. The molecule has 0 unspecified atom stereocenters. The lowest BCUT2D eigenvalue weighted by Crippen LogP contribution is -2.33. The highest BCUT2D eigenvalue weighted by Gasteiger charge is 2.36. The first kappa shape index (κ1) is 13.0. The average molecular weight is 245 g/mol. The van der Waals surface area contributed by atoms with Gasteiger partial charge in [-0.3, -0.25) is 0 Å². The zero-order valence-electron chi connectivity index (χ0n) is 11.2. The van der Waals surface area contributed by atoms with E-state index in [9.17, 15) is 4.79 Å². The van der Waals surface area contributed by atoms with Crippen molar-refractivity contribution in [1.82, 2.24) is 0 Å². The molecule has 0 N–H and O–H groups in total. The topological polar surface area (TPSA) is 38.7 Å². The molecule has 0 radical (unpaired) electrons. The highest BCUT2D eigenvalue weighted by atomic mass is 16.5. The van der Waals surface area contributed by atoms with E-state index in [-0.39, 0.29) is 0 Å². The number of aryl methyl sites for hydroxylation is 3. The number of isocyanates is 1. The van der Waals surface area contributed by atoms with Crippen molar-refractivity contribution in [1.29, 1.82) is 0 Å². The molecule has 0 aliphatic carbocycles. The molecule has 0 spiro atoms. The van der Waals surface area contributed by atoms with Crippen molar-refractivity contribution in [3.05, 3.63) is 34.4 Å². The zero-order valence-corrected chi connectivity index (χ0v) is 11.2. The van der Waals surface area contributed by atoms with Crippen LogP contribution >= 0.6 is 0 Å². The van der Waals surface area contributed by atoms with Crippen LogP contribution in [0.2, 0.25) is 0 Å². The number of ether oxygens (including phenoxy) is 1. The molecule has 0 amide bonds. The summed E-state index contributed by atoms with van der Waals surface area (Å²) in [4.78, 5) is 15.0. The summed E-state index contributed by atoms with van der Waals surface area (Å²) in [6.07, 6.45) is 3.28. The van der Waals surface area contributed by atoms with Crippen molar-refractivity contribution >= 4 is 6.08 Å². The summed E-state index contributed by atoms with van der Waals surface area (Å²) in [5.41, 5.74) is 4.40. The Bertz CT molecular complexity index is 472. The van der Waals surface area contributed by atoms with Gasteiger partial charge in [-0.1, -0.05) is 17.7 Å². The van der Waals surface area contributed by atoms with Gasteiger partial charge in [0.15, 0.2) is 0 Å². The molecule has 1 fully saturated rings. The van der Waals surface area contributed by atoms with Crippen LogP contribution in [0.3, 0.4) is 0 Å². The minimum Gasteiger partial charge on any atom is -0.381 e. The Kier molecular flexibility index (Phi) is 3.65. The monoisotopic (exact) mass is 245 g/mol. The summed E-state index contributed by atoms with van der Waals surface area (Å²) in [6, 6.07) is 4.31. The third-order valence-electron chi connectivity index (χ3n) is 3.72. The third-order valence-corrected chi connectivity index (χ3v) is 3.72. The van der Waals surface area contributed by atoms with Gasteiger partial charge in [-0.15, -0.1) is 0 Å². The molecule has 1 aliphatic heterocycles. The Morgan fingerprint density at radius 2 is 1.72 bits per heavy atom. The van der Waals surface area contributed by atoms with Gasteiger partial charge in [0.1, 0.15) is 5.54 Å². The number of nitrogens with zero attached hydrogens (tertiary/aromatic N) is 1. The first-order chi connectivity index (χ1) is 8.59. The lowest BCUT2D eigenvalue weighted by Gasteiger charge is -2.35. The summed E-state index contributed by atoms with van der Waals surface area (Å²) in [7, 11) is 0. The fourth-order valence-corrected chi connectivity index (χ4v) is 3.13. The summed E-state index contributed by atoms with van der Waals surface area (Å²) >= 11 is 0. The van der Waals surface area contributed by atoms with Gasteiger partial charge in [-0.2, -0.15) is 4.99 Å². The van der Waals surface area contributed by atoms with Gasteiger partial charge in [0, 0.05) is 26.1 Å². The minimum atomic E-state index is -0.429. The quantitative estimate of drug-likeness (QED) is 0.593. The van der Waals surface area contributed by atoms with Crippen molar-refractivity contribution in [2.45, 2.75) is 39.2 Å². The van der Waals surface area contributed by atoms with Crippen LogP contribution in [0.15, 0.2) is 17.1 Å². The molecule has 1 saturated heterocycles. The molecule has 1 aromatic carbocycles. The van der Waals surface area contributed by atoms with Gasteiger partial charge in [0.2, 0.25) is 6.08 Å². The van der Waals surface area contributed by atoms with Gasteiger partial charge in [-0.05, 0) is 37.5 Å². The van der Waals surface area contributed by atoms with Gasteiger partial charge < -0.3 is 4.74 Å². The van der Waals surface area contributed by atoms with Crippen LogP contribution < -0.4 is 0 Å². The third kappa shape index (κ3) is 2.24. The maximum absolute atomic E-state index is 10.8. The second-order valence-electron chi connectivity index (χ2n) is 5.12. The molecule has 0 bridgehead atoms. The first-order valence-electron chi connectivity index (χ1n) is 6.34. The lowest BCUT2D eigenvalue weighted by atomic mass is 9.78. The molecular formula is C15H19NO2. The first-order valence-corrected chi connectivity index (χ1v) is 6.34. The average Bonchev–Trinajstić information content (AvgIpc) is 2.28. The molecule has 18 heavy (non-hydrogen) atoms. The van der Waals surface area contributed by atoms with Gasteiger partial charge in [0.05, 0.1) is 0 Å². The summed E-state index contributed by atoms with van der Waals surface area (Å²) in [6.45, 7) is 7.57. The van der Waals surface area contributed by atoms with Crippen LogP contribution in [0.5, 0.6) is 0 Å². The number of aliphatic imine (C=N–C) groups is 1. The molecule has 0 atom stereocenters. The fourth-order valence-electron chi connectivity index (χ4n) is 3.13. The molecule has 1 aliphatic rings. The normalized spacial score (nSPS) is 18.2. The van der Waals surface area contributed by atoms with E-state index in [1.165, 1.54) is 22.3 Å². The van der Waals surface area contributed by atoms with Crippen LogP contribution in [-0.2, 0) is 15.1 Å². The van der Waals surface area contributed by atoms with Crippen LogP contribution in [0.1, 0.15) is 35.1 Å². The summed E-state index contributed by atoms with van der Waals surface area (Å²) in [5, 5.41) is 0. The van der Waals surface area contributed by atoms with Crippen molar-refractivity contribution < 1.29 is 9.53 Å². The van der Waals surface area contributed by atoms with E-state index in [1.807, 2.05) is 0 Å². The fraction of sp³-hybridized carbons (Fsp3) is 0.533. The van der Waals surface area contributed by atoms with Crippen LogP contribution in [0, 0.1) is 20.8 Å². The van der Waals surface area contributed by atoms with Gasteiger partial charge in [-0.25, -0.2) is 4.79 Å². The Morgan fingerprint density at radius 1 is 1.17 bits per heavy atom. The predicted molar refractivity (Wildman–Crippen MR) is 70.5 cm³/mol. The standard InChI is InChI=1S/C15H19NO2/c1-11-8-12(2)14(13(3)9-11)15(16-10-17)4-6-18-7-5-15/h8-9H,4-7H2,1-3H3.